The van der Waals surface area contributed by atoms with Crippen LogP contribution < -0.4 is 5.73 Å². The Balaban J connectivity index is 0.00000100. The predicted octanol–water partition coefficient (Wildman–Crippen LogP) is 3.21. The van der Waals surface area contributed by atoms with Crippen LogP contribution in [0, 0.1) is 10.1 Å². The van der Waals surface area contributed by atoms with Crippen molar-refractivity contribution in [2.75, 3.05) is 7.05 Å². The molecule has 7 heteroatoms. The number of fused-ring (bicyclic) bond motifs is 1. The van der Waals surface area contributed by atoms with Crippen LogP contribution in [0.5, 0.6) is 0 Å². The molecule has 0 fully saturated rings. The fourth-order valence-corrected chi connectivity index (χ4v) is 2.48. The van der Waals surface area contributed by atoms with Crippen molar-refractivity contribution in [3.63, 3.8) is 0 Å². The summed E-state index contributed by atoms with van der Waals surface area (Å²) in [7, 11) is 1.50. The zero-order chi connectivity index (χ0) is 17.7. The van der Waals surface area contributed by atoms with Gasteiger partial charge in [0.2, 0.25) is 0 Å². The Morgan fingerprint density at radius 1 is 1.17 bits per heavy atom. The SMILES string of the molecule is CN.O=C(O)Cc1cccc2c(-c3ccccc3)c([N+](=O)[O-])oc12. The molecule has 3 rings (SSSR count). The van der Waals surface area contributed by atoms with E-state index in [1.807, 2.05) is 6.07 Å². The average molecular weight is 328 g/mol. The number of aliphatic carboxylic acids is 1. The van der Waals surface area contributed by atoms with E-state index in [1.54, 1.807) is 42.5 Å². The molecule has 0 unspecified atom stereocenters. The van der Waals surface area contributed by atoms with Gasteiger partial charge in [-0.3, -0.25) is 14.9 Å². The van der Waals surface area contributed by atoms with Gasteiger partial charge in [-0.05, 0) is 12.6 Å². The van der Waals surface area contributed by atoms with Gasteiger partial charge < -0.3 is 15.3 Å². The van der Waals surface area contributed by atoms with Crippen LogP contribution in [-0.2, 0) is 11.2 Å². The lowest BCUT2D eigenvalue weighted by Gasteiger charge is -1.99. The van der Waals surface area contributed by atoms with Gasteiger partial charge in [0, 0.05) is 10.9 Å². The minimum Gasteiger partial charge on any atom is -0.481 e. The van der Waals surface area contributed by atoms with Gasteiger partial charge in [0.15, 0.2) is 0 Å². The van der Waals surface area contributed by atoms with E-state index in [1.165, 1.54) is 7.05 Å². The predicted molar refractivity (Wildman–Crippen MR) is 89.8 cm³/mol. The largest absolute Gasteiger partial charge is 0.481 e. The van der Waals surface area contributed by atoms with Crippen LogP contribution in [0.15, 0.2) is 52.9 Å². The second-order valence-electron chi connectivity index (χ2n) is 4.77. The zero-order valence-corrected chi connectivity index (χ0v) is 12.9. The molecule has 0 aliphatic heterocycles. The average Bonchev–Trinajstić information content (AvgIpc) is 2.98. The number of rotatable bonds is 4. The van der Waals surface area contributed by atoms with E-state index in [4.69, 9.17) is 9.52 Å². The van der Waals surface area contributed by atoms with Crippen molar-refractivity contribution in [2.45, 2.75) is 6.42 Å². The van der Waals surface area contributed by atoms with Gasteiger partial charge in [0.1, 0.15) is 16.1 Å². The third-order valence-electron chi connectivity index (χ3n) is 3.35. The molecule has 0 aliphatic carbocycles. The van der Waals surface area contributed by atoms with Crippen molar-refractivity contribution in [2.24, 2.45) is 5.73 Å². The van der Waals surface area contributed by atoms with Crippen molar-refractivity contribution in [3.8, 4) is 11.1 Å². The molecule has 0 amide bonds. The van der Waals surface area contributed by atoms with E-state index < -0.39 is 10.9 Å². The maximum atomic E-state index is 11.3. The molecular formula is C17H16N2O5. The van der Waals surface area contributed by atoms with Crippen LogP contribution in [0.3, 0.4) is 0 Å². The lowest BCUT2D eigenvalue weighted by Crippen LogP contribution is -1.99. The van der Waals surface area contributed by atoms with Crippen LogP contribution in [-0.4, -0.2) is 23.0 Å². The lowest BCUT2D eigenvalue weighted by atomic mass is 10.0. The molecule has 2 aromatic carbocycles. The summed E-state index contributed by atoms with van der Waals surface area (Å²) in [6, 6.07) is 13.8. The first-order chi connectivity index (χ1) is 11.6. The van der Waals surface area contributed by atoms with Gasteiger partial charge in [-0.25, -0.2) is 0 Å². The quantitative estimate of drug-likeness (QED) is 0.560. The number of carboxylic acids is 1. The number of nitrogens with zero attached hydrogens (tertiary/aromatic N) is 1. The van der Waals surface area contributed by atoms with E-state index in [9.17, 15) is 14.9 Å². The van der Waals surface area contributed by atoms with E-state index in [0.29, 0.717) is 22.1 Å². The molecule has 1 aromatic heterocycles. The number of carbonyl (C=O) groups is 1. The van der Waals surface area contributed by atoms with Crippen molar-refractivity contribution in [3.05, 3.63) is 64.2 Å². The van der Waals surface area contributed by atoms with Crippen molar-refractivity contribution < 1.29 is 19.2 Å². The molecule has 0 bridgehead atoms. The number of carboxylic acid groups (broad SMARTS) is 1. The number of benzene rings is 2. The Bertz CT molecular complexity index is 871. The minimum absolute atomic E-state index is 0.246. The summed E-state index contributed by atoms with van der Waals surface area (Å²) in [5.74, 6) is -1.40. The first-order valence-electron chi connectivity index (χ1n) is 7.11. The Morgan fingerprint density at radius 2 is 1.83 bits per heavy atom. The second-order valence-corrected chi connectivity index (χ2v) is 4.77. The first-order valence-corrected chi connectivity index (χ1v) is 7.11. The molecule has 0 atom stereocenters. The fraction of sp³-hybridized carbons (Fsp3) is 0.118. The van der Waals surface area contributed by atoms with Gasteiger partial charge >= 0.3 is 11.9 Å². The highest BCUT2D eigenvalue weighted by molar-refractivity contribution is 6.00. The Hall–Kier alpha value is -3.19. The zero-order valence-electron chi connectivity index (χ0n) is 12.9. The fourth-order valence-electron chi connectivity index (χ4n) is 2.48. The molecule has 124 valence electrons. The standard InChI is InChI=1S/C16H11NO5.CH5N/c18-13(19)9-11-7-4-8-12-14(10-5-2-1-3-6-10)16(17(20)21)22-15(11)12;1-2/h1-8H,9H2,(H,18,19);2H2,1H3. The van der Waals surface area contributed by atoms with Gasteiger partial charge in [-0.1, -0.05) is 48.5 Å². The molecule has 3 N–H and O–H groups in total. The molecule has 3 aromatic rings. The Kier molecular flexibility index (Phi) is 5.28. The Labute approximate surface area is 137 Å². The topological polar surface area (TPSA) is 120 Å². The van der Waals surface area contributed by atoms with E-state index in [2.05, 4.69) is 5.73 Å². The van der Waals surface area contributed by atoms with Crippen LogP contribution in [0.1, 0.15) is 5.56 Å². The summed E-state index contributed by atoms with van der Waals surface area (Å²) >= 11 is 0. The number of furan rings is 1. The molecule has 7 nitrogen and oxygen atoms in total. The van der Waals surface area contributed by atoms with Crippen molar-refractivity contribution >= 4 is 22.8 Å². The van der Waals surface area contributed by atoms with Crippen LogP contribution >= 0.6 is 0 Å². The number of hydrogen-bond donors (Lipinski definition) is 2. The highest BCUT2D eigenvalue weighted by Crippen LogP contribution is 2.40. The molecule has 0 spiro atoms. The number of hydrogen-bond acceptors (Lipinski definition) is 5. The van der Waals surface area contributed by atoms with Crippen molar-refractivity contribution in [1.29, 1.82) is 0 Å². The lowest BCUT2D eigenvalue weighted by molar-refractivity contribution is -0.400. The maximum absolute atomic E-state index is 11.3. The molecule has 1 heterocycles. The van der Waals surface area contributed by atoms with Gasteiger partial charge in [-0.15, -0.1) is 0 Å². The van der Waals surface area contributed by atoms with Gasteiger partial charge in [0.25, 0.3) is 0 Å². The summed E-state index contributed by atoms with van der Waals surface area (Å²) in [6.07, 6.45) is -0.254. The maximum Gasteiger partial charge on any atom is 0.442 e. The summed E-state index contributed by atoms with van der Waals surface area (Å²) in [5, 5.41) is 20.8. The third kappa shape index (κ3) is 3.26. The van der Waals surface area contributed by atoms with E-state index in [-0.39, 0.29) is 17.9 Å². The number of nitro groups is 1. The van der Waals surface area contributed by atoms with Crippen molar-refractivity contribution in [1.82, 2.24) is 0 Å². The van der Waals surface area contributed by atoms with E-state index >= 15 is 0 Å². The summed E-state index contributed by atoms with van der Waals surface area (Å²) in [4.78, 5) is 21.6. The van der Waals surface area contributed by atoms with Gasteiger partial charge in [-0.2, -0.15) is 0 Å². The highest BCUT2D eigenvalue weighted by Gasteiger charge is 2.26. The summed E-state index contributed by atoms with van der Waals surface area (Å²) in [5.41, 5.74) is 6.18. The minimum atomic E-state index is -1.02. The summed E-state index contributed by atoms with van der Waals surface area (Å²) in [6.45, 7) is 0. The smallest absolute Gasteiger partial charge is 0.442 e. The first kappa shape index (κ1) is 17.2. The second kappa shape index (κ2) is 7.38. The molecular weight excluding hydrogens is 312 g/mol. The number of nitrogens with two attached hydrogens (primary N) is 1. The monoisotopic (exact) mass is 328 g/mol. The van der Waals surface area contributed by atoms with Crippen LogP contribution in [0.4, 0.5) is 5.88 Å². The molecule has 0 saturated carbocycles. The molecule has 0 aliphatic rings. The van der Waals surface area contributed by atoms with Crippen LogP contribution in [0.2, 0.25) is 0 Å². The highest BCUT2D eigenvalue weighted by atomic mass is 16.6. The molecule has 0 saturated heterocycles. The van der Waals surface area contributed by atoms with Crippen LogP contribution in [0.25, 0.3) is 22.1 Å². The number of para-hydroxylation sites is 1. The van der Waals surface area contributed by atoms with Gasteiger partial charge in [0.05, 0.1) is 6.42 Å². The Morgan fingerprint density at radius 3 is 2.42 bits per heavy atom. The molecule has 24 heavy (non-hydrogen) atoms. The third-order valence-corrected chi connectivity index (χ3v) is 3.35. The molecule has 0 radical (unpaired) electrons. The normalized spacial score (nSPS) is 10.1. The van der Waals surface area contributed by atoms with E-state index in [0.717, 1.165) is 0 Å². The summed E-state index contributed by atoms with van der Waals surface area (Å²) < 4.78 is 5.38.